The Hall–Kier alpha value is -0.460. The molecule has 0 bridgehead atoms. The lowest BCUT2D eigenvalue weighted by atomic mass is 10.0. The van der Waals surface area contributed by atoms with E-state index in [0.29, 0.717) is 17.8 Å². The van der Waals surface area contributed by atoms with Crippen LogP contribution in [0, 0.1) is 0 Å². The molecule has 1 saturated heterocycles. The molecule has 1 heterocycles. The van der Waals surface area contributed by atoms with Crippen LogP contribution in [0.3, 0.4) is 0 Å². The standard InChI is InChI=1S/C15H31N3O2S/c1-10(17-14(19)20-15(4,5)6)13(9-16)18-7-8-21-12(3)11(18)2/h10-13H,7-9,16H2,1-6H3,(H,17,19). The van der Waals surface area contributed by atoms with Gasteiger partial charge in [0.05, 0.1) is 0 Å². The molecule has 0 radical (unpaired) electrons. The number of nitrogens with one attached hydrogen (secondary N) is 1. The molecule has 3 N–H and O–H groups in total. The van der Waals surface area contributed by atoms with E-state index in [0.717, 1.165) is 12.3 Å². The van der Waals surface area contributed by atoms with Crippen molar-refractivity contribution in [3.8, 4) is 0 Å². The van der Waals surface area contributed by atoms with E-state index in [1.807, 2.05) is 39.5 Å². The summed E-state index contributed by atoms with van der Waals surface area (Å²) in [5.74, 6) is 1.11. The van der Waals surface area contributed by atoms with Gasteiger partial charge in [-0.3, -0.25) is 4.90 Å². The first-order valence-electron chi connectivity index (χ1n) is 7.72. The molecular formula is C15H31N3O2S. The van der Waals surface area contributed by atoms with Crippen LogP contribution in [0.4, 0.5) is 4.79 Å². The predicted molar refractivity (Wildman–Crippen MR) is 89.8 cm³/mol. The SMILES string of the molecule is CC(NC(=O)OC(C)(C)C)C(CN)N1CCSC(C)C1C. The number of ether oxygens (including phenoxy) is 1. The average molecular weight is 317 g/mol. The maximum atomic E-state index is 11.9. The fourth-order valence-corrected chi connectivity index (χ4v) is 3.76. The van der Waals surface area contributed by atoms with Crippen LogP contribution in [-0.2, 0) is 4.74 Å². The molecule has 0 aromatic carbocycles. The quantitative estimate of drug-likeness (QED) is 0.830. The predicted octanol–water partition coefficient (Wildman–Crippen LogP) is 2.05. The molecule has 4 atom stereocenters. The number of alkyl carbamates (subject to hydrolysis) is 1. The number of carbonyl (C=O) groups is 1. The molecule has 4 unspecified atom stereocenters. The van der Waals surface area contributed by atoms with Gasteiger partial charge in [-0.15, -0.1) is 0 Å². The van der Waals surface area contributed by atoms with Gasteiger partial charge in [0.15, 0.2) is 0 Å². The third-order valence-electron chi connectivity index (χ3n) is 3.92. The van der Waals surface area contributed by atoms with Crippen molar-refractivity contribution < 1.29 is 9.53 Å². The summed E-state index contributed by atoms with van der Waals surface area (Å²) in [6.45, 7) is 13.6. The number of carbonyl (C=O) groups excluding carboxylic acids is 1. The first-order chi connectivity index (χ1) is 9.65. The van der Waals surface area contributed by atoms with E-state index < -0.39 is 5.60 Å². The van der Waals surface area contributed by atoms with Crippen LogP contribution in [0.25, 0.3) is 0 Å². The summed E-state index contributed by atoms with van der Waals surface area (Å²) >= 11 is 2.00. The fourth-order valence-electron chi connectivity index (χ4n) is 2.64. The molecule has 1 aliphatic rings. The first-order valence-corrected chi connectivity index (χ1v) is 8.77. The van der Waals surface area contributed by atoms with Gasteiger partial charge in [-0.25, -0.2) is 4.79 Å². The van der Waals surface area contributed by atoms with E-state index in [4.69, 9.17) is 10.5 Å². The number of rotatable bonds is 4. The van der Waals surface area contributed by atoms with Crippen LogP contribution < -0.4 is 11.1 Å². The minimum atomic E-state index is -0.481. The van der Waals surface area contributed by atoms with Crippen molar-refractivity contribution in [2.75, 3.05) is 18.8 Å². The summed E-state index contributed by atoms with van der Waals surface area (Å²) in [4.78, 5) is 14.3. The zero-order valence-corrected chi connectivity index (χ0v) is 15.0. The Morgan fingerprint density at radius 1 is 1.48 bits per heavy atom. The highest BCUT2D eigenvalue weighted by atomic mass is 32.2. The molecule has 0 aromatic heterocycles. The molecule has 5 nitrogen and oxygen atoms in total. The number of hydrogen-bond donors (Lipinski definition) is 2. The van der Waals surface area contributed by atoms with E-state index in [9.17, 15) is 4.79 Å². The lowest BCUT2D eigenvalue weighted by Gasteiger charge is -2.44. The molecule has 1 amide bonds. The normalized spacial score (nSPS) is 27.0. The van der Waals surface area contributed by atoms with Gasteiger partial charge in [0.1, 0.15) is 5.60 Å². The third-order valence-corrected chi connectivity index (χ3v) is 5.26. The Labute approximate surface area is 133 Å². The number of nitrogens with zero attached hydrogens (tertiary/aromatic N) is 1. The summed E-state index contributed by atoms with van der Waals surface area (Å²) in [7, 11) is 0. The lowest BCUT2D eigenvalue weighted by Crippen LogP contribution is -2.60. The topological polar surface area (TPSA) is 67.6 Å². The smallest absolute Gasteiger partial charge is 0.407 e. The molecule has 0 aromatic rings. The van der Waals surface area contributed by atoms with Crippen molar-refractivity contribution in [2.24, 2.45) is 5.73 Å². The third kappa shape index (κ3) is 5.68. The maximum absolute atomic E-state index is 11.9. The molecule has 124 valence electrons. The van der Waals surface area contributed by atoms with Crippen LogP contribution in [0.1, 0.15) is 41.5 Å². The average Bonchev–Trinajstić information content (AvgIpc) is 2.32. The molecule has 21 heavy (non-hydrogen) atoms. The zero-order valence-electron chi connectivity index (χ0n) is 14.2. The van der Waals surface area contributed by atoms with Gasteiger partial charge in [-0.2, -0.15) is 11.8 Å². The van der Waals surface area contributed by atoms with Gasteiger partial charge < -0.3 is 15.8 Å². The van der Waals surface area contributed by atoms with Crippen LogP contribution in [0.15, 0.2) is 0 Å². The first kappa shape index (κ1) is 18.6. The Morgan fingerprint density at radius 3 is 2.62 bits per heavy atom. The van der Waals surface area contributed by atoms with E-state index in [2.05, 4.69) is 24.1 Å². The van der Waals surface area contributed by atoms with E-state index in [1.54, 1.807) is 0 Å². The summed E-state index contributed by atoms with van der Waals surface area (Å²) in [6, 6.07) is 0.554. The molecular weight excluding hydrogens is 286 g/mol. The summed E-state index contributed by atoms with van der Waals surface area (Å²) in [5, 5.41) is 3.52. The highest BCUT2D eigenvalue weighted by Crippen LogP contribution is 2.26. The summed E-state index contributed by atoms with van der Waals surface area (Å²) in [5.41, 5.74) is 5.49. The summed E-state index contributed by atoms with van der Waals surface area (Å²) in [6.07, 6.45) is -0.375. The van der Waals surface area contributed by atoms with Gasteiger partial charge >= 0.3 is 6.09 Å². The minimum absolute atomic E-state index is 0.0393. The second-order valence-corrected chi connectivity index (χ2v) is 8.28. The van der Waals surface area contributed by atoms with Crippen LogP contribution in [0.5, 0.6) is 0 Å². The number of nitrogens with two attached hydrogens (primary N) is 1. The Balaban J connectivity index is 2.64. The molecule has 6 heteroatoms. The molecule has 1 fully saturated rings. The largest absolute Gasteiger partial charge is 0.444 e. The van der Waals surface area contributed by atoms with Crippen molar-refractivity contribution in [1.82, 2.24) is 10.2 Å². The second-order valence-electron chi connectivity index (χ2n) is 6.79. The Kier molecular flexibility index (Phi) is 6.81. The van der Waals surface area contributed by atoms with Crippen LogP contribution in [-0.4, -0.2) is 58.8 Å². The molecule has 0 saturated carbocycles. The molecule has 1 aliphatic heterocycles. The number of thioether (sulfide) groups is 1. The minimum Gasteiger partial charge on any atom is -0.444 e. The molecule has 1 rings (SSSR count). The number of amides is 1. The van der Waals surface area contributed by atoms with E-state index in [1.165, 1.54) is 0 Å². The van der Waals surface area contributed by atoms with Crippen molar-refractivity contribution >= 4 is 17.9 Å². The van der Waals surface area contributed by atoms with Gasteiger partial charge in [-0.05, 0) is 34.6 Å². The van der Waals surface area contributed by atoms with Crippen molar-refractivity contribution in [1.29, 1.82) is 0 Å². The van der Waals surface area contributed by atoms with E-state index >= 15 is 0 Å². The van der Waals surface area contributed by atoms with E-state index in [-0.39, 0.29) is 18.2 Å². The Bertz CT molecular complexity index is 346. The molecule has 0 spiro atoms. The van der Waals surface area contributed by atoms with Crippen molar-refractivity contribution in [3.63, 3.8) is 0 Å². The highest BCUT2D eigenvalue weighted by Gasteiger charge is 2.33. The monoisotopic (exact) mass is 317 g/mol. The molecule has 0 aliphatic carbocycles. The fraction of sp³-hybridized carbons (Fsp3) is 0.933. The highest BCUT2D eigenvalue weighted by molar-refractivity contribution is 8.00. The Morgan fingerprint density at radius 2 is 2.10 bits per heavy atom. The van der Waals surface area contributed by atoms with Gasteiger partial charge in [0.2, 0.25) is 0 Å². The summed E-state index contributed by atoms with van der Waals surface area (Å²) < 4.78 is 5.32. The van der Waals surface area contributed by atoms with Gasteiger partial charge in [0, 0.05) is 42.2 Å². The second kappa shape index (κ2) is 7.70. The van der Waals surface area contributed by atoms with Crippen LogP contribution in [0.2, 0.25) is 0 Å². The maximum Gasteiger partial charge on any atom is 0.407 e. The lowest BCUT2D eigenvalue weighted by molar-refractivity contribution is 0.0452. The number of hydrogen-bond acceptors (Lipinski definition) is 5. The van der Waals surface area contributed by atoms with Gasteiger partial charge in [-0.1, -0.05) is 6.92 Å². The zero-order chi connectivity index (χ0) is 16.2. The van der Waals surface area contributed by atoms with Gasteiger partial charge in [0.25, 0.3) is 0 Å². The van der Waals surface area contributed by atoms with Crippen LogP contribution >= 0.6 is 11.8 Å². The van der Waals surface area contributed by atoms with Crippen molar-refractivity contribution in [3.05, 3.63) is 0 Å². The van der Waals surface area contributed by atoms with Crippen molar-refractivity contribution in [2.45, 2.75) is 70.5 Å².